The molecule has 1 aliphatic rings. The number of rotatable bonds is 5. The van der Waals surface area contributed by atoms with E-state index < -0.39 is 0 Å². The van der Waals surface area contributed by atoms with Gasteiger partial charge in [-0.15, -0.1) is 32.9 Å². The van der Waals surface area contributed by atoms with Crippen LogP contribution in [0.5, 0.6) is 0 Å². The minimum Gasteiger partial charge on any atom is -0.372 e. The molecule has 0 aromatic carbocycles. The van der Waals surface area contributed by atoms with Gasteiger partial charge in [0.25, 0.3) is 0 Å². The van der Waals surface area contributed by atoms with Gasteiger partial charge in [0.05, 0.1) is 33.4 Å². The summed E-state index contributed by atoms with van der Waals surface area (Å²) in [6, 6.07) is 7.99. The van der Waals surface area contributed by atoms with Crippen LogP contribution >= 0.6 is 34.4 Å². The Morgan fingerprint density at radius 1 is 1.24 bits per heavy atom. The van der Waals surface area contributed by atoms with E-state index in [-0.39, 0.29) is 18.1 Å². The lowest BCUT2D eigenvalue weighted by molar-refractivity contribution is -0.140. The molecule has 3 aromatic rings. The van der Waals surface area contributed by atoms with Crippen LogP contribution in [-0.2, 0) is 9.53 Å². The van der Waals surface area contributed by atoms with Crippen LogP contribution < -0.4 is 0 Å². The maximum absolute atomic E-state index is 12.5. The van der Waals surface area contributed by atoms with Gasteiger partial charge in [0.2, 0.25) is 5.91 Å². The average Bonchev–Trinajstić information content (AvgIpc) is 3.35. The Labute approximate surface area is 182 Å². The number of carbonyl (C=O) groups is 1. The lowest BCUT2D eigenvalue weighted by Crippen LogP contribution is -2.48. The zero-order chi connectivity index (χ0) is 20.4. The van der Waals surface area contributed by atoms with Crippen molar-refractivity contribution in [2.45, 2.75) is 38.0 Å². The first-order chi connectivity index (χ1) is 14.0. The molecule has 152 valence electrons. The first-order valence-electron chi connectivity index (χ1n) is 9.41. The number of thioether (sulfide) groups is 1. The average molecular weight is 447 g/mol. The number of thiazole rings is 1. The fraction of sp³-hybridized carbons (Fsp3) is 0.400. The summed E-state index contributed by atoms with van der Waals surface area (Å²) < 4.78 is 5.69. The molecule has 1 aliphatic heterocycles. The molecule has 0 radical (unpaired) electrons. The summed E-state index contributed by atoms with van der Waals surface area (Å²) in [4.78, 5) is 21.2. The third kappa shape index (κ3) is 4.85. The molecule has 4 rings (SSSR count). The molecule has 2 atom stereocenters. The van der Waals surface area contributed by atoms with Gasteiger partial charge in [0, 0.05) is 13.1 Å². The van der Waals surface area contributed by atoms with E-state index in [1.807, 2.05) is 43.9 Å². The molecule has 2 unspecified atom stereocenters. The number of thiophene rings is 1. The molecule has 0 N–H and O–H groups in total. The Balaban J connectivity index is 1.39. The largest absolute Gasteiger partial charge is 0.372 e. The Kier molecular flexibility index (Phi) is 6.29. The molecule has 6 nitrogen and oxygen atoms in total. The standard InChI is InChI=1S/C20H22N4O2S3/c1-12-9-24(10-13(2)26-12)18(25)11-28-17-7-6-15(22-23-17)19-14(3)21-20(29-19)16-5-4-8-27-16/h4-8,12-13H,9-11H2,1-3H3. The Bertz CT molecular complexity index is 962. The molecule has 1 saturated heterocycles. The summed E-state index contributed by atoms with van der Waals surface area (Å²) in [5.74, 6) is 0.469. The number of carbonyl (C=O) groups excluding carboxylic acids is 1. The van der Waals surface area contributed by atoms with Crippen molar-refractivity contribution in [2.24, 2.45) is 0 Å². The van der Waals surface area contributed by atoms with Crippen molar-refractivity contribution in [3.63, 3.8) is 0 Å². The van der Waals surface area contributed by atoms with Gasteiger partial charge >= 0.3 is 0 Å². The molecular formula is C20H22N4O2S3. The SMILES string of the molecule is Cc1nc(-c2cccs2)sc1-c1ccc(SCC(=O)N2CC(C)OC(C)C2)nn1. The smallest absolute Gasteiger partial charge is 0.233 e. The van der Waals surface area contributed by atoms with Gasteiger partial charge in [-0.25, -0.2) is 4.98 Å². The van der Waals surface area contributed by atoms with Crippen molar-refractivity contribution < 1.29 is 9.53 Å². The molecule has 1 fully saturated rings. The van der Waals surface area contributed by atoms with Crippen LogP contribution in [0.1, 0.15) is 19.5 Å². The first kappa shape index (κ1) is 20.5. The molecule has 0 aliphatic carbocycles. The number of hydrogen-bond donors (Lipinski definition) is 0. The van der Waals surface area contributed by atoms with Crippen LogP contribution in [0.3, 0.4) is 0 Å². The van der Waals surface area contributed by atoms with Crippen molar-refractivity contribution >= 4 is 40.3 Å². The highest BCUT2D eigenvalue weighted by Gasteiger charge is 2.25. The van der Waals surface area contributed by atoms with Crippen molar-refractivity contribution in [3.8, 4) is 20.5 Å². The minimum atomic E-state index is 0.0773. The number of ether oxygens (including phenoxy) is 1. The van der Waals surface area contributed by atoms with Crippen molar-refractivity contribution in [1.82, 2.24) is 20.1 Å². The molecular weight excluding hydrogens is 424 g/mol. The monoisotopic (exact) mass is 446 g/mol. The summed E-state index contributed by atoms with van der Waals surface area (Å²) in [6.45, 7) is 7.28. The maximum atomic E-state index is 12.5. The second-order valence-electron chi connectivity index (χ2n) is 7.01. The number of hydrogen-bond acceptors (Lipinski definition) is 8. The predicted octanol–water partition coefficient (Wildman–Crippen LogP) is 4.36. The van der Waals surface area contributed by atoms with Gasteiger partial charge in [0.1, 0.15) is 15.7 Å². The zero-order valence-corrected chi connectivity index (χ0v) is 18.9. The highest BCUT2D eigenvalue weighted by Crippen LogP contribution is 2.36. The zero-order valence-electron chi connectivity index (χ0n) is 16.5. The van der Waals surface area contributed by atoms with Gasteiger partial charge in [-0.1, -0.05) is 17.8 Å². The Morgan fingerprint density at radius 3 is 2.69 bits per heavy atom. The molecule has 29 heavy (non-hydrogen) atoms. The molecule has 4 heterocycles. The quantitative estimate of drug-likeness (QED) is 0.542. The van der Waals surface area contributed by atoms with E-state index >= 15 is 0 Å². The second-order valence-corrected chi connectivity index (χ2v) is 9.95. The summed E-state index contributed by atoms with van der Waals surface area (Å²) in [5, 5.41) is 12.5. The molecule has 3 aromatic heterocycles. The van der Waals surface area contributed by atoms with Crippen LogP contribution in [0.4, 0.5) is 0 Å². The molecule has 9 heteroatoms. The van der Waals surface area contributed by atoms with E-state index in [1.165, 1.54) is 11.8 Å². The molecule has 0 bridgehead atoms. The highest BCUT2D eigenvalue weighted by atomic mass is 32.2. The van der Waals surface area contributed by atoms with Gasteiger partial charge in [-0.05, 0) is 44.4 Å². The van der Waals surface area contributed by atoms with Gasteiger partial charge in [-0.2, -0.15) is 0 Å². The van der Waals surface area contributed by atoms with Crippen LogP contribution in [0, 0.1) is 6.92 Å². The van der Waals surface area contributed by atoms with Crippen LogP contribution in [0.15, 0.2) is 34.7 Å². The Hall–Kier alpha value is -1.81. The number of nitrogens with zero attached hydrogens (tertiary/aromatic N) is 4. The fourth-order valence-electron chi connectivity index (χ4n) is 3.27. The van der Waals surface area contributed by atoms with Gasteiger partial charge in [-0.3, -0.25) is 4.79 Å². The third-order valence-electron chi connectivity index (χ3n) is 4.52. The summed E-state index contributed by atoms with van der Waals surface area (Å²) in [6.07, 6.45) is 0.155. The summed E-state index contributed by atoms with van der Waals surface area (Å²) in [5.41, 5.74) is 1.77. The molecule has 0 spiro atoms. The van der Waals surface area contributed by atoms with E-state index in [0.717, 1.165) is 31.2 Å². The van der Waals surface area contributed by atoms with Crippen molar-refractivity contribution in [3.05, 3.63) is 35.3 Å². The summed E-state index contributed by atoms with van der Waals surface area (Å²) in [7, 11) is 0. The van der Waals surface area contributed by atoms with Crippen molar-refractivity contribution in [1.29, 1.82) is 0 Å². The number of amides is 1. The summed E-state index contributed by atoms with van der Waals surface area (Å²) >= 11 is 4.73. The molecule has 1 amide bonds. The normalized spacial score (nSPS) is 19.5. The number of aromatic nitrogens is 3. The number of aryl methyl sites for hydroxylation is 1. The minimum absolute atomic E-state index is 0.0773. The van der Waals surface area contributed by atoms with Gasteiger partial charge < -0.3 is 9.64 Å². The highest BCUT2D eigenvalue weighted by molar-refractivity contribution is 7.99. The van der Waals surface area contributed by atoms with E-state index in [4.69, 9.17) is 4.74 Å². The second kappa shape index (κ2) is 8.91. The van der Waals surface area contributed by atoms with E-state index in [2.05, 4.69) is 26.6 Å². The van der Waals surface area contributed by atoms with Crippen LogP contribution in [0.2, 0.25) is 0 Å². The van der Waals surface area contributed by atoms with Gasteiger partial charge in [0.15, 0.2) is 0 Å². The number of morpholine rings is 1. The van der Waals surface area contributed by atoms with E-state index in [1.54, 1.807) is 22.7 Å². The van der Waals surface area contributed by atoms with Crippen molar-refractivity contribution in [2.75, 3.05) is 18.8 Å². The van der Waals surface area contributed by atoms with Crippen LogP contribution in [0.25, 0.3) is 20.5 Å². The first-order valence-corrected chi connectivity index (χ1v) is 12.1. The predicted molar refractivity (Wildman–Crippen MR) is 119 cm³/mol. The topological polar surface area (TPSA) is 68.2 Å². The Morgan fingerprint density at radius 2 is 2.03 bits per heavy atom. The molecule has 0 saturated carbocycles. The van der Waals surface area contributed by atoms with E-state index in [9.17, 15) is 4.79 Å². The lowest BCUT2D eigenvalue weighted by atomic mass is 10.2. The van der Waals surface area contributed by atoms with E-state index in [0.29, 0.717) is 18.8 Å². The van der Waals surface area contributed by atoms with Crippen LogP contribution in [-0.4, -0.2) is 57.0 Å². The lowest BCUT2D eigenvalue weighted by Gasteiger charge is -2.35. The fourth-order valence-corrected chi connectivity index (χ4v) is 5.81. The third-order valence-corrected chi connectivity index (χ3v) is 7.64. The maximum Gasteiger partial charge on any atom is 0.233 e.